The predicted molar refractivity (Wildman–Crippen MR) is 64.1 cm³/mol. The quantitative estimate of drug-likeness (QED) is 0.739. The lowest BCUT2D eigenvalue weighted by Crippen LogP contribution is -2.45. The number of rotatable bonds is 3. The summed E-state index contributed by atoms with van der Waals surface area (Å²) >= 11 is 0. The van der Waals surface area contributed by atoms with Gasteiger partial charge in [0.25, 0.3) is 0 Å². The Balaban J connectivity index is 2.60. The van der Waals surface area contributed by atoms with Gasteiger partial charge in [-0.25, -0.2) is 0 Å². The Morgan fingerprint density at radius 1 is 1.38 bits per heavy atom. The van der Waals surface area contributed by atoms with Crippen LogP contribution in [0.1, 0.15) is 52.9 Å². The maximum atomic E-state index is 12.2. The molecule has 0 radical (unpaired) electrons. The summed E-state index contributed by atoms with van der Waals surface area (Å²) in [5.74, 6) is 0.543. The van der Waals surface area contributed by atoms with Crippen molar-refractivity contribution in [1.29, 1.82) is 0 Å². The van der Waals surface area contributed by atoms with Gasteiger partial charge in [-0.05, 0) is 19.3 Å². The molecule has 1 rings (SSSR count). The van der Waals surface area contributed by atoms with E-state index in [9.17, 15) is 9.59 Å². The van der Waals surface area contributed by atoms with E-state index in [-0.39, 0.29) is 17.4 Å². The van der Waals surface area contributed by atoms with Crippen molar-refractivity contribution in [2.24, 2.45) is 5.41 Å². The second-order valence-corrected chi connectivity index (χ2v) is 5.42. The molecule has 0 aromatic rings. The van der Waals surface area contributed by atoms with Gasteiger partial charge in [0.05, 0.1) is 0 Å². The minimum absolute atomic E-state index is 0.203. The first-order chi connectivity index (χ1) is 7.38. The maximum absolute atomic E-state index is 12.2. The molecule has 1 fully saturated rings. The van der Waals surface area contributed by atoms with Gasteiger partial charge in [-0.15, -0.1) is 0 Å². The summed E-state index contributed by atoms with van der Waals surface area (Å²) < 4.78 is 0. The Morgan fingerprint density at radius 3 is 2.31 bits per heavy atom. The van der Waals surface area contributed by atoms with Gasteiger partial charge in [-0.2, -0.15) is 0 Å². The highest BCUT2D eigenvalue weighted by Gasteiger charge is 2.33. The van der Waals surface area contributed by atoms with Crippen LogP contribution >= 0.6 is 0 Å². The fourth-order valence-electron chi connectivity index (χ4n) is 2.11. The zero-order valence-corrected chi connectivity index (χ0v) is 10.9. The van der Waals surface area contributed by atoms with Crippen molar-refractivity contribution in [3.8, 4) is 0 Å². The summed E-state index contributed by atoms with van der Waals surface area (Å²) in [6, 6.07) is 0.260. The summed E-state index contributed by atoms with van der Waals surface area (Å²) in [5, 5.41) is 0. The molecule has 0 atom stereocenters. The second-order valence-electron chi connectivity index (χ2n) is 5.42. The maximum Gasteiger partial charge on any atom is 0.228 e. The molecule has 0 aromatic carbocycles. The van der Waals surface area contributed by atoms with Crippen molar-refractivity contribution in [2.75, 3.05) is 7.05 Å². The zero-order valence-electron chi connectivity index (χ0n) is 10.9. The molecule has 0 saturated heterocycles. The number of ketones is 1. The van der Waals surface area contributed by atoms with Gasteiger partial charge < -0.3 is 4.90 Å². The first kappa shape index (κ1) is 13.2. The Labute approximate surface area is 98.2 Å². The largest absolute Gasteiger partial charge is 0.342 e. The summed E-state index contributed by atoms with van der Waals surface area (Å²) in [6.45, 7) is 6.01. The van der Waals surface area contributed by atoms with Crippen LogP contribution in [-0.4, -0.2) is 29.7 Å². The van der Waals surface area contributed by atoms with Gasteiger partial charge in [0.15, 0.2) is 0 Å². The van der Waals surface area contributed by atoms with Crippen LogP contribution in [0.3, 0.4) is 0 Å². The molecule has 0 heterocycles. The number of carbonyl (C=O) groups is 2. The molecule has 3 heteroatoms. The third-order valence-electron chi connectivity index (χ3n) is 3.84. The summed E-state index contributed by atoms with van der Waals surface area (Å²) in [7, 11) is 1.88. The van der Waals surface area contributed by atoms with E-state index in [1.54, 1.807) is 0 Å². The van der Waals surface area contributed by atoms with Gasteiger partial charge in [0, 0.05) is 31.3 Å². The molecule has 0 aromatic heterocycles. The topological polar surface area (TPSA) is 37.4 Å². The summed E-state index contributed by atoms with van der Waals surface area (Å²) in [6.07, 6.45) is 3.78. The van der Waals surface area contributed by atoms with Crippen molar-refractivity contribution in [2.45, 2.75) is 58.9 Å². The number of nitrogens with zero attached hydrogens (tertiary/aromatic N) is 1. The Kier molecular flexibility index (Phi) is 4.11. The van der Waals surface area contributed by atoms with Crippen molar-refractivity contribution < 1.29 is 9.59 Å². The lowest BCUT2D eigenvalue weighted by atomic mass is 9.86. The summed E-state index contributed by atoms with van der Waals surface area (Å²) in [4.78, 5) is 25.2. The summed E-state index contributed by atoms with van der Waals surface area (Å²) in [5.41, 5.74) is -0.282. The lowest BCUT2D eigenvalue weighted by molar-refractivity contribution is -0.142. The van der Waals surface area contributed by atoms with E-state index in [0.717, 1.165) is 19.3 Å². The Hall–Kier alpha value is -0.860. The first-order valence-electron chi connectivity index (χ1n) is 6.17. The van der Waals surface area contributed by atoms with Crippen molar-refractivity contribution in [3.63, 3.8) is 0 Å². The SMILES string of the molecule is CCC(C)(C)C(=O)N(C)C1CCC(=O)CC1. The third kappa shape index (κ3) is 2.83. The number of carbonyl (C=O) groups excluding carboxylic acids is 2. The van der Waals surface area contributed by atoms with Gasteiger partial charge in [0.1, 0.15) is 5.78 Å². The van der Waals surface area contributed by atoms with Gasteiger partial charge >= 0.3 is 0 Å². The molecule has 0 spiro atoms. The highest BCUT2D eigenvalue weighted by molar-refractivity contribution is 5.83. The molecule has 1 saturated carbocycles. The molecule has 0 aliphatic heterocycles. The van der Waals surface area contributed by atoms with Crippen LogP contribution in [0.4, 0.5) is 0 Å². The van der Waals surface area contributed by atoms with Crippen LogP contribution in [0.2, 0.25) is 0 Å². The third-order valence-corrected chi connectivity index (χ3v) is 3.84. The van der Waals surface area contributed by atoms with Gasteiger partial charge in [-0.1, -0.05) is 20.8 Å². The van der Waals surface area contributed by atoms with Crippen LogP contribution in [0, 0.1) is 5.41 Å². The second kappa shape index (κ2) is 4.98. The van der Waals surface area contributed by atoms with Crippen LogP contribution in [0.5, 0.6) is 0 Å². The van der Waals surface area contributed by atoms with E-state index < -0.39 is 0 Å². The fraction of sp³-hybridized carbons (Fsp3) is 0.846. The predicted octanol–water partition coefficient (Wildman–Crippen LogP) is 2.39. The van der Waals surface area contributed by atoms with E-state index in [1.165, 1.54) is 0 Å². The van der Waals surface area contributed by atoms with Crippen molar-refractivity contribution in [3.05, 3.63) is 0 Å². The van der Waals surface area contributed by atoms with Crippen LogP contribution < -0.4 is 0 Å². The molecule has 0 bridgehead atoms. The monoisotopic (exact) mass is 225 g/mol. The molecule has 0 N–H and O–H groups in total. The van der Waals surface area contributed by atoms with Crippen molar-refractivity contribution >= 4 is 11.7 Å². The minimum Gasteiger partial charge on any atom is -0.342 e. The molecule has 0 unspecified atom stereocenters. The average molecular weight is 225 g/mol. The van der Waals surface area contributed by atoms with Crippen LogP contribution in [-0.2, 0) is 9.59 Å². The minimum atomic E-state index is -0.282. The number of hydrogen-bond donors (Lipinski definition) is 0. The highest BCUT2D eigenvalue weighted by atomic mass is 16.2. The van der Waals surface area contributed by atoms with E-state index in [2.05, 4.69) is 0 Å². The normalized spacial score (nSPS) is 18.6. The number of hydrogen-bond acceptors (Lipinski definition) is 2. The zero-order chi connectivity index (χ0) is 12.3. The molecule has 1 aliphatic carbocycles. The Bertz CT molecular complexity index is 274. The number of amides is 1. The molecule has 16 heavy (non-hydrogen) atoms. The van der Waals surface area contributed by atoms with Crippen molar-refractivity contribution in [1.82, 2.24) is 4.90 Å². The van der Waals surface area contributed by atoms with Gasteiger partial charge in [-0.3, -0.25) is 9.59 Å². The van der Waals surface area contributed by atoms with E-state index in [4.69, 9.17) is 0 Å². The fourth-order valence-corrected chi connectivity index (χ4v) is 2.11. The number of Topliss-reactive ketones (excluding diaryl/α,β-unsaturated/α-hetero) is 1. The molecule has 3 nitrogen and oxygen atoms in total. The van der Waals surface area contributed by atoms with Crippen LogP contribution in [0.15, 0.2) is 0 Å². The highest BCUT2D eigenvalue weighted by Crippen LogP contribution is 2.27. The first-order valence-corrected chi connectivity index (χ1v) is 6.17. The average Bonchev–Trinajstić information content (AvgIpc) is 2.28. The smallest absolute Gasteiger partial charge is 0.228 e. The lowest BCUT2D eigenvalue weighted by Gasteiger charge is -2.36. The van der Waals surface area contributed by atoms with E-state index >= 15 is 0 Å². The molecule has 1 aliphatic rings. The Morgan fingerprint density at radius 2 is 1.88 bits per heavy atom. The van der Waals surface area contributed by atoms with E-state index in [1.807, 2.05) is 32.7 Å². The molecule has 1 amide bonds. The van der Waals surface area contributed by atoms with Crippen LogP contribution in [0.25, 0.3) is 0 Å². The molecule has 92 valence electrons. The molecular formula is C13H23NO2. The standard InChI is InChI=1S/C13H23NO2/c1-5-13(2,3)12(16)14(4)10-6-8-11(15)9-7-10/h10H,5-9H2,1-4H3. The van der Waals surface area contributed by atoms with E-state index in [0.29, 0.717) is 18.6 Å². The molecular weight excluding hydrogens is 202 g/mol. The van der Waals surface area contributed by atoms with Gasteiger partial charge in [0.2, 0.25) is 5.91 Å².